The van der Waals surface area contributed by atoms with E-state index < -0.39 is 0 Å². The van der Waals surface area contributed by atoms with Crippen molar-refractivity contribution in [1.82, 2.24) is 25.1 Å². The number of hydrogen-bond donors (Lipinski definition) is 2. The average molecular weight is 508 g/mol. The molecule has 10 nitrogen and oxygen atoms in total. The molecule has 3 aliphatic rings. The van der Waals surface area contributed by atoms with Crippen LogP contribution < -0.4 is 15.5 Å². The smallest absolute Gasteiger partial charge is 0.319 e. The van der Waals surface area contributed by atoms with E-state index in [-0.39, 0.29) is 18.0 Å². The van der Waals surface area contributed by atoms with Gasteiger partial charge in [-0.2, -0.15) is 0 Å². The van der Waals surface area contributed by atoms with Crippen LogP contribution in [0.2, 0.25) is 0 Å². The van der Waals surface area contributed by atoms with Crippen LogP contribution in [0.25, 0.3) is 11.4 Å². The first-order valence-corrected chi connectivity index (χ1v) is 13.3. The summed E-state index contributed by atoms with van der Waals surface area (Å²) in [6.45, 7) is 11.8. The number of benzene rings is 1. The lowest BCUT2D eigenvalue weighted by atomic mass is 10.0. The minimum atomic E-state index is -0.223. The van der Waals surface area contributed by atoms with Gasteiger partial charge in [0.1, 0.15) is 5.82 Å². The number of nitrogens with one attached hydrogen (secondary N) is 2. The van der Waals surface area contributed by atoms with Crippen LogP contribution in [0.5, 0.6) is 0 Å². The van der Waals surface area contributed by atoms with Crippen LogP contribution in [0.1, 0.15) is 38.4 Å². The Morgan fingerprint density at radius 1 is 1.14 bits per heavy atom. The zero-order valence-corrected chi connectivity index (χ0v) is 22.0. The molecular formula is C27H37N7O3. The fraction of sp³-hybridized carbons (Fsp3) is 0.556. The Labute approximate surface area is 218 Å². The van der Waals surface area contributed by atoms with Gasteiger partial charge >= 0.3 is 6.03 Å². The molecule has 1 unspecified atom stereocenters. The summed E-state index contributed by atoms with van der Waals surface area (Å²) in [5, 5.41) is 5.58. The molecule has 2 saturated heterocycles. The summed E-state index contributed by atoms with van der Waals surface area (Å²) in [6, 6.07) is 8.05. The van der Waals surface area contributed by atoms with Gasteiger partial charge in [0.2, 0.25) is 5.91 Å². The molecule has 2 aromatic rings. The summed E-state index contributed by atoms with van der Waals surface area (Å²) < 4.78 is 5.70. The Bertz CT molecular complexity index is 1140. The summed E-state index contributed by atoms with van der Waals surface area (Å²) in [5.41, 5.74) is 3.92. The van der Waals surface area contributed by atoms with Crippen LogP contribution >= 0.6 is 0 Å². The highest BCUT2D eigenvalue weighted by atomic mass is 16.5. The highest BCUT2D eigenvalue weighted by Crippen LogP contribution is 2.33. The third kappa shape index (κ3) is 5.55. The molecule has 10 heteroatoms. The standard InChI is InChI=1S/C27H37N7O3/c1-4-28-27(36)29-21-7-5-20(6-8-21)25-30-24-16-33(22-9-11-32(15-22)19(3)35)12-10-23(24)26(31-25)34-13-14-37-17-18(34)2/h5-8,18,22H,4,9-17H2,1-3H3,(H2,28,29,36)/t18-,22?/m0/s1. The molecule has 0 radical (unpaired) electrons. The van der Waals surface area contributed by atoms with Crippen LogP contribution in [0, 0.1) is 0 Å². The molecule has 0 saturated carbocycles. The van der Waals surface area contributed by atoms with Gasteiger partial charge in [-0.25, -0.2) is 14.8 Å². The summed E-state index contributed by atoms with van der Waals surface area (Å²) in [5.74, 6) is 1.85. The van der Waals surface area contributed by atoms with E-state index in [9.17, 15) is 9.59 Å². The van der Waals surface area contributed by atoms with Gasteiger partial charge in [0.25, 0.3) is 0 Å². The molecule has 0 bridgehead atoms. The van der Waals surface area contributed by atoms with Crippen LogP contribution in [-0.4, -0.2) is 89.7 Å². The lowest BCUT2D eigenvalue weighted by Gasteiger charge is -2.39. The van der Waals surface area contributed by atoms with Gasteiger partial charge in [-0.3, -0.25) is 9.69 Å². The van der Waals surface area contributed by atoms with Crippen molar-refractivity contribution in [2.45, 2.75) is 52.2 Å². The molecule has 198 valence electrons. The summed E-state index contributed by atoms with van der Waals surface area (Å²) in [4.78, 5) is 40.7. The summed E-state index contributed by atoms with van der Waals surface area (Å²) in [6.07, 6.45) is 1.89. The lowest BCUT2D eigenvalue weighted by Crippen LogP contribution is -2.46. The van der Waals surface area contributed by atoms with Crippen molar-refractivity contribution in [2.24, 2.45) is 0 Å². The van der Waals surface area contributed by atoms with Crippen molar-refractivity contribution < 1.29 is 14.3 Å². The molecule has 0 spiro atoms. The molecule has 0 aliphatic carbocycles. The second-order valence-electron chi connectivity index (χ2n) is 10.1. The second kappa shape index (κ2) is 11.0. The van der Waals surface area contributed by atoms with Gasteiger partial charge in [-0.05, 0) is 51.0 Å². The van der Waals surface area contributed by atoms with Gasteiger partial charge < -0.3 is 25.2 Å². The Morgan fingerprint density at radius 2 is 1.95 bits per heavy atom. The first-order chi connectivity index (χ1) is 17.9. The minimum Gasteiger partial charge on any atom is -0.377 e. The molecule has 5 rings (SSSR count). The monoisotopic (exact) mass is 507 g/mol. The number of morpholine rings is 1. The fourth-order valence-corrected chi connectivity index (χ4v) is 5.52. The number of likely N-dealkylation sites (tertiary alicyclic amines) is 1. The van der Waals surface area contributed by atoms with Crippen molar-refractivity contribution in [1.29, 1.82) is 0 Å². The maximum atomic E-state index is 11.9. The normalized spacial score (nSPS) is 22.0. The molecule has 37 heavy (non-hydrogen) atoms. The van der Waals surface area contributed by atoms with E-state index >= 15 is 0 Å². The van der Waals surface area contributed by atoms with Gasteiger partial charge in [-0.1, -0.05) is 0 Å². The molecule has 2 N–H and O–H groups in total. The molecule has 1 aromatic carbocycles. The Morgan fingerprint density at radius 3 is 2.65 bits per heavy atom. The molecule has 3 amide bonds. The number of anilines is 2. The highest BCUT2D eigenvalue weighted by Gasteiger charge is 2.34. The van der Waals surface area contributed by atoms with Crippen molar-refractivity contribution in [3.8, 4) is 11.4 Å². The first kappa shape index (κ1) is 25.4. The number of rotatable bonds is 5. The van der Waals surface area contributed by atoms with E-state index in [4.69, 9.17) is 14.7 Å². The third-order valence-electron chi connectivity index (χ3n) is 7.58. The summed E-state index contributed by atoms with van der Waals surface area (Å²) in [7, 11) is 0. The van der Waals surface area contributed by atoms with Crippen molar-refractivity contribution >= 4 is 23.4 Å². The molecule has 3 aliphatic heterocycles. The zero-order chi connectivity index (χ0) is 25.9. The van der Waals surface area contributed by atoms with Crippen LogP contribution in [0.4, 0.5) is 16.3 Å². The SMILES string of the molecule is CCNC(=O)Nc1ccc(-c2nc3c(c(N4CCOC[C@@H]4C)n2)CCN(C2CCN(C(C)=O)C2)C3)cc1. The second-order valence-corrected chi connectivity index (χ2v) is 10.1. The zero-order valence-electron chi connectivity index (χ0n) is 22.0. The molecular weight excluding hydrogens is 470 g/mol. The first-order valence-electron chi connectivity index (χ1n) is 13.3. The predicted octanol–water partition coefficient (Wildman–Crippen LogP) is 2.49. The van der Waals surface area contributed by atoms with E-state index in [1.165, 1.54) is 5.56 Å². The van der Waals surface area contributed by atoms with Crippen LogP contribution in [-0.2, 0) is 22.5 Å². The largest absolute Gasteiger partial charge is 0.377 e. The molecule has 1 aromatic heterocycles. The average Bonchev–Trinajstić information content (AvgIpc) is 3.40. The van der Waals surface area contributed by atoms with E-state index in [1.54, 1.807) is 6.92 Å². The topological polar surface area (TPSA) is 103 Å². The van der Waals surface area contributed by atoms with Gasteiger partial charge in [-0.15, -0.1) is 0 Å². The number of nitrogens with zero attached hydrogens (tertiary/aromatic N) is 5. The van der Waals surface area contributed by atoms with E-state index in [2.05, 4.69) is 27.4 Å². The molecule has 2 atom stereocenters. The minimum absolute atomic E-state index is 0.151. The fourth-order valence-electron chi connectivity index (χ4n) is 5.52. The van der Waals surface area contributed by atoms with Crippen LogP contribution in [0.15, 0.2) is 24.3 Å². The number of carbonyl (C=O) groups is 2. The van der Waals surface area contributed by atoms with Crippen molar-refractivity contribution in [2.75, 3.05) is 56.2 Å². The summed E-state index contributed by atoms with van der Waals surface area (Å²) >= 11 is 0. The molecule has 2 fully saturated rings. The van der Waals surface area contributed by atoms with Gasteiger partial charge in [0, 0.05) is 69.0 Å². The van der Waals surface area contributed by atoms with Crippen molar-refractivity contribution in [3.63, 3.8) is 0 Å². The number of amides is 3. The maximum Gasteiger partial charge on any atom is 0.319 e. The highest BCUT2D eigenvalue weighted by molar-refractivity contribution is 5.89. The number of hydrogen-bond acceptors (Lipinski definition) is 7. The number of carbonyl (C=O) groups excluding carboxylic acids is 2. The van der Waals surface area contributed by atoms with Crippen LogP contribution in [0.3, 0.4) is 0 Å². The predicted molar refractivity (Wildman–Crippen MR) is 143 cm³/mol. The molecule has 4 heterocycles. The van der Waals surface area contributed by atoms with Crippen molar-refractivity contribution in [3.05, 3.63) is 35.5 Å². The number of aromatic nitrogens is 2. The number of fused-ring (bicyclic) bond motifs is 1. The van der Waals surface area contributed by atoms with E-state index in [0.29, 0.717) is 31.6 Å². The van der Waals surface area contributed by atoms with Gasteiger partial charge in [0.15, 0.2) is 5.82 Å². The number of urea groups is 1. The Kier molecular flexibility index (Phi) is 7.57. The lowest BCUT2D eigenvalue weighted by molar-refractivity contribution is -0.128. The van der Waals surface area contributed by atoms with E-state index in [0.717, 1.165) is 68.3 Å². The van der Waals surface area contributed by atoms with Gasteiger partial charge in [0.05, 0.1) is 24.9 Å². The number of ether oxygens (including phenoxy) is 1. The third-order valence-corrected chi connectivity index (χ3v) is 7.58. The maximum absolute atomic E-state index is 11.9. The Hall–Kier alpha value is -3.24. The Balaban J connectivity index is 1.44. The quantitative estimate of drug-likeness (QED) is 0.641. The van der Waals surface area contributed by atoms with E-state index in [1.807, 2.05) is 36.1 Å².